The van der Waals surface area contributed by atoms with Crippen molar-refractivity contribution in [1.82, 2.24) is 5.32 Å². The highest BCUT2D eigenvalue weighted by molar-refractivity contribution is 4.94. The average Bonchev–Trinajstić information content (AvgIpc) is 2.20. The standard InChI is InChI=1S/C11H25N3/c1-2-3-4-5-9-14-10-11(13)7-6-8-12/h10,14H,2-9,12-13H2,1H3/b11-10-. The molecule has 0 rings (SSSR count). The van der Waals surface area contributed by atoms with Crippen LogP contribution in [0, 0.1) is 0 Å². The normalized spacial score (nSPS) is 11.7. The quantitative estimate of drug-likeness (QED) is 0.495. The molecule has 0 fully saturated rings. The first-order valence-corrected chi connectivity index (χ1v) is 5.69. The largest absolute Gasteiger partial charge is 0.401 e. The van der Waals surface area contributed by atoms with Gasteiger partial charge in [0.1, 0.15) is 0 Å². The molecule has 0 aromatic heterocycles. The summed E-state index contributed by atoms with van der Waals surface area (Å²) in [6.07, 6.45) is 8.94. The van der Waals surface area contributed by atoms with Crippen LogP contribution in [0.1, 0.15) is 45.4 Å². The molecule has 0 atom stereocenters. The summed E-state index contributed by atoms with van der Waals surface area (Å²) in [7, 11) is 0. The van der Waals surface area contributed by atoms with Crippen molar-refractivity contribution in [2.75, 3.05) is 13.1 Å². The first-order chi connectivity index (χ1) is 6.81. The Labute approximate surface area is 87.9 Å². The third-order valence-electron chi connectivity index (χ3n) is 2.13. The lowest BCUT2D eigenvalue weighted by molar-refractivity contribution is 0.643. The minimum absolute atomic E-state index is 0.713. The highest BCUT2D eigenvalue weighted by atomic mass is 14.8. The number of unbranched alkanes of at least 4 members (excludes halogenated alkanes) is 3. The van der Waals surface area contributed by atoms with Crippen molar-refractivity contribution in [2.45, 2.75) is 45.4 Å². The maximum absolute atomic E-state index is 5.74. The van der Waals surface area contributed by atoms with Gasteiger partial charge in [-0.05, 0) is 25.8 Å². The van der Waals surface area contributed by atoms with Gasteiger partial charge in [-0.1, -0.05) is 26.2 Å². The van der Waals surface area contributed by atoms with Crippen molar-refractivity contribution in [3.05, 3.63) is 11.9 Å². The molecule has 0 saturated heterocycles. The van der Waals surface area contributed by atoms with Crippen LogP contribution < -0.4 is 16.8 Å². The van der Waals surface area contributed by atoms with E-state index >= 15 is 0 Å². The van der Waals surface area contributed by atoms with Crippen LogP contribution in [-0.4, -0.2) is 13.1 Å². The van der Waals surface area contributed by atoms with Crippen LogP contribution in [-0.2, 0) is 0 Å². The predicted molar refractivity (Wildman–Crippen MR) is 62.7 cm³/mol. The molecule has 84 valence electrons. The number of hydrogen-bond donors (Lipinski definition) is 3. The minimum Gasteiger partial charge on any atom is -0.401 e. The Balaban J connectivity index is 3.23. The summed E-state index contributed by atoms with van der Waals surface area (Å²) in [5, 5.41) is 3.23. The highest BCUT2D eigenvalue weighted by Crippen LogP contribution is 1.98. The molecule has 0 unspecified atom stereocenters. The van der Waals surface area contributed by atoms with Gasteiger partial charge in [0.05, 0.1) is 0 Å². The SMILES string of the molecule is CCCCCCN/C=C(\N)CCCN. The molecule has 0 amide bonds. The Morgan fingerprint density at radius 1 is 1.21 bits per heavy atom. The van der Waals surface area contributed by atoms with Crippen LogP contribution >= 0.6 is 0 Å². The fourth-order valence-electron chi connectivity index (χ4n) is 1.24. The van der Waals surface area contributed by atoms with Crippen LogP contribution in [0.3, 0.4) is 0 Å². The van der Waals surface area contributed by atoms with Crippen LogP contribution in [0.25, 0.3) is 0 Å². The van der Waals surface area contributed by atoms with Crippen LogP contribution in [0.4, 0.5) is 0 Å². The summed E-state index contributed by atoms with van der Waals surface area (Å²) >= 11 is 0. The van der Waals surface area contributed by atoms with E-state index in [4.69, 9.17) is 11.5 Å². The Morgan fingerprint density at radius 2 is 2.00 bits per heavy atom. The lowest BCUT2D eigenvalue weighted by Gasteiger charge is -2.03. The van der Waals surface area contributed by atoms with Crippen LogP contribution in [0.15, 0.2) is 11.9 Å². The molecule has 0 aromatic carbocycles. The molecule has 3 heteroatoms. The van der Waals surface area contributed by atoms with Crippen molar-refractivity contribution in [3.8, 4) is 0 Å². The Bertz CT molecular complexity index is 143. The minimum atomic E-state index is 0.713. The lowest BCUT2D eigenvalue weighted by atomic mass is 10.2. The zero-order valence-electron chi connectivity index (χ0n) is 9.39. The van der Waals surface area contributed by atoms with E-state index in [1.165, 1.54) is 25.7 Å². The van der Waals surface area contributed by atoms with Gasteiger partial charge in [0.15, 0.2) is 0 Å². The van der Waals surface area contributed by atoms with E-state index in [1.807, 2.05) is 6.20 Å². The van der Waals surface area contributed by atoms with Gasteiger partial charge >= 0.3 is 0 Å². The second kappa shape index (κ2) is 10.4. The first-order valence-electron chi connectivity index (χ1n) is 5.69. The monoisotopic (exact) mass is 199 g/mol. The van der Waals surface area contributed by atoms with Crippen molar-refractivity contribution in [3.63, 3.8) is 0 Å². The van der Waals surface area contributed by atoms with Crippen molar-refractivity contribution in [1.29, 1.82) is 0 Å². The van der Waals surface area contributed by atoms with Crippen LogP contribution in [0.5, 0.6) is 0 Å². The Hall–Kier alpha value is -0.700. The van der Waals surface area contributed by atoms with Gasteiger partial charge in [0.25, 0.3) is 0 Å². The predicted octanol–water partition coefficient (Wildman–Crippen LogP) is 1.70. The number of nitrogens with one attached hydrogen (secondary N) is 1. The molecule has 0 spiro atoms. The third kappa shape index (κ3) is 9.39. The lowest BCUT2D eigenvalue weighted by Crippen LogP contribution is -2.12. The fourth-order valence-corrected chi connectivity index (χ4v) is 1.24. The summed E-state index contributed by atoms with van der Waals surface area (Å²) in [5.74, 6) is 0. The van der Waals surface area contributed by atoms with Gasteiger partial charge in [0, 0.05) is 18.4 Å². The molecular weight excluding hydrogens is 174 g/mol. The second-order valence-electron chi connectivity index (χ2n) is 3.63. The molecule has 3 nitrogen and oxygen atoms in total. The summed E-state index contributed by atoms with van der Waals surface area (Å²) in [4.78, 5) is 0. The van der Waals surface area contributed by atoms with Crippen molar-refractivity contribution in [2.24, 2.45) is 11.5 Å². The van der Waals surface area contributed by atoms with E-state index in [0.29, 0.717) is 6.54 Å². The van der Waals surface area contributed by atoms with E-state index in [2.05, 4.69) is 12.2 Å². The number of hydrogen-bond acceptors (Lipinski definition) is 3. The maximum atomic E-state index is 5.74. The second-order valence-corrected chi connectivity index (χ2v) is 3.63. The van der Waals surface area contributed by atoms with Gasteiger partial charge in [0.2, 0.25) is 0 Å². The summed E-state index contributed by atoms with van der Waals surface area (Å²) in [6.45, 7) is 3.96. The van der Waals surface area contributed by atoms with Gasteiger partial charge in [-0.25, -0.2) is 0 Å². The molecule has 0 saturated carbocycles. The van der Waals surface area contributed by atoms with Crippen molar-refractivity contribution < 1.29 is 0 Å². The van der Waals surface area contributed by atoms with E-state index in [-0.39, 0.29) is 0 Å². The molecule has 0 aliphatic carbocycles. The molecule has 0 aliphatic heterocycles. The molecule has 5 N–H and O–H groups in total. The molecular formula is C11H25N3. The van der Waals surface area contributed by atoms with Crippen LogP contribution in [0.2, 0.25) is 0 Å². The number of nitrogens with two attached hydrogens (primary N) is 2. The topological polar surface area (TPSA) is 64.1 Å². The summed E-state index contributed by atoms with van der Waals surface area (Å²) < 4.78 is 0. The maximum Gasteiger partial charge on any atom is 0.0240 e. The zero-order chi connectivity index (χ0) is 10.6. The average molecular weight is 199 g/mol. The fraction of sp³-hybridized carbons (Fsp3) is 0.818. The zero-order valence-corrected chi connectivity index (χ0v) is 9.39. The molecule has 0 aromatic rings. The summed E-state index contributed by atoms with van der Waals surface area (Å²) in [5.41, 5.74) is 12.0. The molecule has 0 aliphatic rings. The van der Waals surface area contributed by atoms with E-state index in [1.54, 1.807) is 0 Å². The third-order valence-corrected chi connectivity index (χ3v) is 2.13. The summed E-state index contributed by atoms with van der Waals surface area (Å²) in [6, 6.07) is 0. The number of rotatable bonds is 9. The van der Waals surface area contributed by atoms with Gasteiger partial charge in [-0.3, -0.25) is 0 Å². The van der Waals surface area contributed by atoms with E-state index in [9.17, 15) is 0 Å². The first kappa shape index (κ1) is 13.3. The van der Waals surface area contributed by atoms with Gasteiger partial charge < -0.3 is 16.8 Å². The van der Waals surface area contributed by atoms with Gasteiger partial charge in [-0.2, -0.15) is 0 Å². The highest BCUT2D eigenvalue weighted by Gasteiger charge is 1.89. The molecule has 0 heterocycles. The number of allylic oxidation sites excluding steroid dienone is 1. The molecule has 0 radical (unpaired) electrons. The van der Waals surface area contributed by atoms with E-state index in [0.717, 1.165) is 25.1 Å². The van der Waals surface area contributed by atoms with E-state index < -0.39 is 0 Å². The van der Waals surface area contributed by atoms with Crippen molar-refractivity contribution >= 4 is 0 Å². The van der Waals surface area contributed by atoms with Gasteiger partial charge in [-0.15, -0.1) is 0 Å². The Morgan fingerprint density at radius 3 is 2.64 bits per heavy atom. The smallest absolute Gasteiger partial charge is 0.0240 e. The molecule has 0 bridgehead atoms. The Kier molecular flexibility index (Phi) is 9.86. The molecule has 14 heavy (non-hydrogen) atoms.